The average Bonchev–Trinajstić information content (AvgIpc) is 2.76. The maximum absolute atomic E-state index is 9.90. The second kappa shape index (κ2) is 9.41. The molecular weight excluding hydrogens is 364 g/mol. The first kappa shape index (κ1) is 19.2. The van der Waals surface area contributed by atoms with Gasteiger partial charge in [0.25, 0.3) is 0 Å². The summed E-state index contributed by atoms with van der Waals surface area (Å²) in [4.78, 5) is 4.61. The highest BCUT2D eigenvalue weighted by Gasteiger charge is 2.21. The van der Waals surface area contributed by atoms with Gasteiger partial charge in [0.2, 0.25) is 0 Å². The Morgan fingerprint density at radius 3 is 2.21 bits per heavy atom. The van der Waals surface area contributed by atoms with Crippen molar-refractivity contribution in [2.45, 2.75) is 10.8 Å². The maximum atomic E-state index is 9.90. The Morgan fingerprint density at radius 1 is 0.964 bits per heavy atom. The van der Waals surface area contributed by atoms with Gasteiger partial charge in [0.05, 0.1) is 5.56 Å². The number of rotatable bonds is 7. The molecule has 0 saturated carbocycles. The predicted molar refractivity (Wildman–Crippen MR) is 114 cm³/mol. The van der Waals surface area contributed by atoms with E-state index >= 15 is 0 Å². The molecule has 0 bridgehead atoms. The average molecular weight is 382 g/mol. The van der Waals surface area contributed by atoms with Gasteiger partial charge in [0.15, 0.2) is 0 Å². The first-order chi connectivity index (χ1) is 13.8. The molecule has 28 heavy (non-hydrogen) atoms. The van der Waals surface area contributed by atoms with Crippen LogP contribution in [0.4, 0.5) is 5.82 Å². The zero-order chi connectivity index (χ0) is 19.8. The second-order valence-corrected chi connectivity index (χ2v) is 6.89. The minimum absolute atomic E-state index is 0.369. The van der Waals surface area contributed by atoms with E-state index in [4.69, 9.17) is 0 Å². The molecule has 0 saturated heterocycles. The number of nitriles is 2. The van der Waals surface area contributed by atoms with Gasteiger partial charge in [-0.3, -0.25) is 0 Å². The lowest BCUT2D eigenvalue weighted by atomic mass is 9.97. The molecular formula is C23H18N4S. The highest BCUT2D eigenvalue weighted by molar-refractivity contribution is 7.98. The van der Waals surface area contributed by atoms with E-state index in [2.05, 4.69) is 29.0 Å². The van der Waals surface area contributed by atoms with Crippen molar-refractivity contribution in [1.82, 2.24) is 4.98 Å². The summed E-state index contributed by atoms with van der Waals surface area (Å²) in [7, 11) is 0. The van der Waals surface area contributed by atoms with Gasteiger partial charge in [-0.05, 0) is 11.1 Å². The van der Waals surface area contributed by atoms with E-state index < -0.39 is 0 Å². The second-order valence-electron chi connectivity index (χ2n) is 5.92. The van der Waals surface area contributed by atoms with Crippen LogP contribution in [0.2, 0.25) is 0 Å². The van der Waals surface area contributed by atoms with E-state index in [1.165, 1.54) is 11.8 Å². The molecule has 1 N–H and O–H groups in total. The minimum atomic E-state index is 0.369. The molecule has 3 aromatic rings. The van der Waals surface area contributed by atoms with Gasteiger partial charge in [-0.2, -0.15) is 10.5 Å². The Kier molecular flexibility index (Phi) is 6.46. The molecule has 0 aliphatic heterocycles. The van der Waals surface area contributed by atoms with Gasteiger partial charge >= 0.3 is 0 Å². The molecule has 2 aromatic carbocycles. The van der Waals surface area contributed by atoms with Crippen LogP contribution < -0.4 is 5.32 Å². The number of hydrogen-bond donors (Lipinski definition) is 1. The fourth-order valence-electron chi connectivity index (χ4n) is 2.80. The molecule has 1 heterocycles. The quantitative estimate of drug-likeness (QED) is 0.438. The highest BCUT2D eigenvalue weighted by Crippen LogP contribution is 2.37. The van der Waals surface area contributed by atoms with E-state index in [1.807, 2.05) is 60.7 Å². The van der Waals surface area contributed by atoms with Crippen molar-refractivity contribution in [1.29, 1.82) is 10.5 Å². The lowest BCUT2D eigenvalue weighted by molar-refractivity contribution is 1.08. The number of nitrogens with one attached hydrogen (secondary N) is 1. The molecule has 5 heteroatoms. The number of nitrogens with zero attached hydrogens (tertiary/aromatic N) is 3. The number of anilines is 1. The third-order valence-corrected chi connectivity index (χ3v) is 5.13. The van der Waals surface area contributed by atoms with Crippen LogP contribution in [0.3, 0.4) is 0 Å². The van der Waals surface area contributed by atoms with Gasteiger partial charge in [-0.1, -0.05) is 66.7 Å². The topological polar surface area (TPSA) is 72.5 Å². The van der Waals surface area contributed by atoms with E-state index in [9.17, 15) is 10.5 Å². The summed E-state index contributed by atoms with van der Waals surface area (Å²) in [6.07, 6.45) is 1.71. The van der Waals surface area contributed by atoms with E-state index in [-0.39, 0.29) is 0 Å². The molecule has 0 amide bonds. The lowest BCUT2D eigenvalue weighted by Crippen LogP contribution is -2.07. The Hall–Kier alpha value is -3.54. The minimum Gasteiger partial charge on any atom is -0.365 e. The number of aromatic nitrogens is 1. The van der Waals surface area contributed by atoms with Crippen LogP contribution in [0, 0.1) is 22.7 Å². The maximum Gasteiger partial charge on any atom is 0.146 e. The number of hydrogen-bond acceptors (Lipinski definition) is 5. The molecule has 1 aromatic heterocycles. The summed E-state index contributed by atoms with van der Waals surface area (Å²) >= 11 is 1.49. The Labute approximate surface area is 169 Å². The fourth-order valence-corrected chi connectivity index (χ4v) is 3.74. The summed E-state index contributed by atoms with van der Waals surface area (Å²) < 4.78 is 0. The fraction of sp³-hybridized carbons (Fsp3) is 0.0870. The van der Waals surface area contributed by atoms with Gasteiger partial charge in [-0.15, -0.1) is 18.3 Å². The number of thioether (sulfide) groups is 1. The smallest absolute Gasteiger partial charge is 0.146 e. The predicted octanol–water partition coefficient (Wildman–Crippen LogP) is 5.38. The largest absolute Gasteiger partial charge is 0.365 e. The third-order valence-electron chi connectivity index (χ3n) is 4.08. The van der Waals surface area contributed by atoms with Crippen LogP contribution in [0.25, 0.3) is 11.1 Å². The summed E-state index contributed by atoms with van der Waals surface area (Å²) in [6, 6.07) is 24.0. The standard InChI is InChI=1S/C23H18N4S/c1-2-13-26-22-19(14-24)21(18-11-7-4-8-12-18)20(15-25)23(27-22)28-16-17-9-5-3-6-10-17/h2-12H,1,13,16H2,(H,26,27). The van der Waals surface area contributed by atoms with Gasteiger partial charge in [0.1, 0.15) is 28.5 Å². The SMILES string of the molecule is C=CCNc1nc(SCc2ccccc2)c(C#N)c(-c2ccccc2)c1C#N. The van der Waals surface area contributed by atoms with Crippen molar-refractivity contribution in [3.05, 3.63) is 90.0 Å². The molecule has 0 aliphatic carbocycles. The molecule has 0 unspecified atom stereocenters. The highest BCUT2D eigenvalue weighted by atomic mass is 32.2. The van der Waals surface area contributed by atoms with Crippen molar-refractivity contribution in [3.63, 3.8) is 0 Å². The molecule has 0 atom stereocenters. The molecule has 0 fully saturated rings. The monoisotopic (exact) mass is 382 g/mol. The van der Waals surface area contributed by atoms with E-state index in [1.54, 1.807) is 6.08 Å². The van der Waals surface area contributed by atoms with Crippen molar-refractivity contribution in [2.75, 3.05) is 11.9 Å². The molecule has 0 aliphatic rings. The lowest BCUT2D eigenvalue weighted by Gasteiger charge is -2.15. The van der Waals surface area contributed by atoms with Crippen molar-refractivity contribution < 1.29 is 0 Å². The zero-order valence-corrected chi connectivity index (χ0v) is 16.0. The zero-order valence-electron chi connectivity index (χ0n) is 15.2. The normalized spacial score (nSPS) is 9.93. The van der Waals surface area contributed by atoms with Crippen LogP contribution >= 0.6 is 11.8 Å². The molecule has 4 nitrogen and oxygen atoms in total. The molecule has 3 rings (SSSR count). The van der Waals surface area contributed by atoms with Crippen molar-refractivity contribution in [3.8, 4) is 23.3 Å². The number of pyridine rings is 1. The summed E-state index contributed by atoms with van der Waals surface area (Å²) in [5.74, 6) is 1.15. The van der Waals surface area contributed by atoms with Gasteiger partial charge in [-0.25, -0.2) is 4.98 Å². The van der Waals surface area contributed by atoms with E-state index in [0.717, 1.165) is 11.1 Å². The van der Waals surface area contributed by atoms with Crippen LogP contribution in [-0.4, -0.2) is 11.5 Å². The summed E-state index contributed by atoms with van der Waals surface area (Å²) in [6.45, 7) is 4.19. The van der Waals surface area contributed by atoms with Crippen LogP contribution in [0.5, 0.6) is 0 Å². The Bertz CT molecular complexity index is 1050. The Balaban J connectivity index is 2.14. The van der Waals surface area contributed by atoms with Crippen LogP contribution in [-0.2, 0) is 5.75 Å². The summed E-state index contributed by atoms with van der Waals surface area (Å²) in [5, 5.41) is 23.4. The van der Waals surface area contributed by atoms with Crippen LogP contribution in [0.1, 0.15) is 16.7 Å². The molecule has 0 radical (unpaired) electrons. The van der Waals surface area contributed by atoms with E-state index in [0.29, 0.717) is 39.8 Å². The van der Waals surface area contributed by atoms with Crippen molar-refractivity contribution in [2.24, 2.45) is 0 Å². The first-order valence-corrected chi connectivity index (χ1v) is 9.72. The van der Waals surface area contributed by atoms with Gasteiger partial charge < -0.3 is 5.32 Å². The number of benzene rings is 2. The Morgan fingerprint density at radius 2 is 1.61 bits per heavy atom. The molecule has 0 spiro atoms. The molecule has 136 valence electrons. The van der Waals surface area contributed by atoms with Gasteiger partial charge in [0, 0.05) is 17.9 Å². The van der Waals surface area contributed by atoms with Crippen LogP contribution in [0.15, 0.2) is 78.3 Å². The summed E-state index contributed by atoms with van der Waals surface area (Å²) in [5.41, 5.74) is 3.37. The first-order valence-electron chi connectivity index (χ1n) is 8.73. The van der Waals surface area contributed by atoms with Crippen molar-refractivity contribution >= 4 is 17.6 Å². The third kappa shape index (κ3) is 4.23.